The standard InChI is InChI=1S/C66H112O6/c1-4-7-10-13-16-19-22-24-25-26-27-28-29-30-31-32-33-34-35-36-37-38-39-40-41-42-45-47-50-53-56-59-65(68)71-62-63(61-70-64(67)58-55-52-49-46-43-21-18-15-12-9-6-3)72-66(69)60-57-54-51-48-44-23-20-17-14-11-8-5-2/h7,10,15-16,18-19,24-25,27-28,30-31,33-34,36-37,63H,4-6,8-9,11-14,17,20-23,26,29,32,35,38-62H2,1-3H3/b10-7-,18-15-,19-16-,25-24-,28-27-,31-30-,34-33-,37-36-. The first-order valence-electron chi connectivity index (χ1n) is 30.2. The Labute approximate surface area is 445 Å². The van der Waals surface area contributed by atoms with Crippen molar-refractivity contribution in [3.8, 4) is 0 Å². The van der Waals surface area contributed by atoms with Crippen LogP contribution in [0.15, 0.2) is 97.2 Å². The number of ether oxygens (including phenoxy) is 3. The third-order valence-corrected chi connectivity index (χ3v) is 12.8. The van der Waals surface area contributed by atoms with E-state index in [9.17, 15) is 14.4 Å². The van der Waals surface area contributed by atoms with Gasteiger partial charge >= 0.3 is 17.9 Å². The zero-order valence-corrected chi connectivity index (χ0v) is 47.2. The van der Waals surface area contributed by atoms with E-state index in [4.69, 9.17) is 14.2 Å². The van der Waals surface area contributed by atoms with Gasteiger partial charge in [-0.2, -0.15) is 0 Å². The zero-order chi connectivity index (χ0) is 52.2. The van der Waals surface area contributed by atoms with Crippen LogP contribution in [0.2, 0.25) is 0 Å². The molecule has 0 aromatic heterocycles. The van der Waals surface area contributed by atoms with Crippen LogP contribution >= 0.6 is 0 Å². The highest BCUT2D eigenvalue weighted by atomic mass is 16.6. The molecule has 412 valence electrons. The summed E-state index contributed by atoms with van der Waals surface area (Å²) in [7, 11) is 0. The molecule has 0 aliphatic rings. The van der Waals surface area contributed by atoms with Crippen LogP contribution in [0.4, 0.5) is 0 Å². The lowest BCUT2D eigenvalue weighted by Crippen LogP contribution is -2.30. The van der Waals surface area contributed by atoms with Crippen molar-refractivity contribution >= 4 is 17.9 Å². The molecule has 0 aliphatic carbocycles. The quantitative estimate of drug-likeness (QED) is 0.0261. The van der Waals surface area contributed by atoms with Gasteiger partial charge in [0.05, 0.1) is 0 Å². The van der Waals surface area contributed by atoms with Gasteiger partial charge in [0, 0.05) is 19.3 Å². The average molecular weight is 1000 g/mol. The number of unbranched alkanes of at least 4 members (excludes halogenated alkanes) is 27. The Morgan fingerprint density at radius 3 is 0.903 bits per heavy atom. The Kier molecular flexibility index (Phi) is 56.8. The Bertz CT molecular complexity index is 1430. The fraction of sp³-hybridized carbons (Fsp3) is 0.712. The predicted molar refractivity (Wildman–Crippen MR) is 311 cm³/mol. The van der Waals surface area contributed by atoms with Crippen molar-refractivity contribution in [2.24, 2.45) is 0 Å². The van der Waals surface area contributed by atoms with Crippen LogP contribution in [0.25, 0.3) is 0 Å². The van der Waals surface area contributed by atoms with Crippen molar-refractivity contribution in [3.63, 3.8) is 0 Å². The van der Waals surface area contributed by atoms with Crippen molar-refractivity contribution < 1.29 is 28.6 Å². The van der Waals surface area contributed by atoms with Gasteiger partial charge in [-0.05, 0) is 96.3 Å². The molecule has 0 aromatic carbocycles. The first kappa shape index (κ1) is 68.3. The van der Waals surface area contributed by atoms with Crippen LogP contribution in [0.5, 0.6) is 0 Å². The minimum absolute atomic E-state index is 0.0809. The lowest BCUT2D eigenvalue weighted by atomic mass is 10.0. The highest BCUT2D eigenvalue weighted by Gasteiger charge is 2.19. The van der Waals surface area contributed by atoms with Gasteiger partial charge in [0.25, 0.3) is 0 Å². The smallest absolute Gasteiger partial charge is 0.306 e. The molecule has 1 atom stereocenters. The molecule has 0 saturated heterocycles. The van der Waals surface area contributed by atoms with Crippen molar-refractivity contribution in [3.05, 3.63) is 97.2 Å². The highest BCUT2D eigenvalue weighted by Crippen LogP contribution is 2.16. The molecule has 0 saturated carbocycles. The van der Waals surface area contributed by atoms with Crippen LogP contribution in [0.3, 0.4) is 0 Å². The summed E-state index contributed by atoms with van der Waals surface area (Å²) in [6, 6.07) is 0. The van der Waals surface area contributed by atoms with E-state index >= 15 is 0 Å². The minimum atomic E-state index is -0.780. The lowest BCUT2D eigenvalue weighted by molar-refractivity contribution is -0.167. The minimum Gasteiger partial charge on any atom is -0.462 e. The number of carbonyl (C=O) groups excluding carboxylic acids is 3. The van der Waals surface area contributed by atoms with Crippen LogP contribution < -0.4 is 0 Å². The molecule has 0 spiro atoms. The molecule has 0 radical (unpaired) electrons. The molecule has 0 fully saturated rings. The first-order chi connectivity index (χ1) is 35.5. The molecular formula is C66H112O6. The third-order valence-electron chi connectivity index (χ3n) is 12.8. The molecule has 0 rings (SSSR count). The Morgan fingerprint density at radius 1 is 0.292 bits per heavy atom. The van der Waals surface area contributed by atoms with Gasteiger partial charge in [0.15, 0.2) is 6.10 Å². The number of hydrogen-bond donors (Lipinski definition) is 0. The molecule has 6 heteroatoms. The number of esters is 3. The van der Waals surface area contributed by atoms with Gasteiger partial charge in [-0.15, -0.1) is 0 Å². The van der Waals surface area contributed by atoms with E-state index in [1.165, 1.54) is 128 Å². The second kappa shape index (κ2) is 59.9. The molecular weight excluding hydrogens is 889 g/mol. The second-order valence-corrected chi connectivity index (χ2v) is 19.9. The highest BCUT2D eigenvalue weighted by molar-refractivity contribution is 5.71. The van der Waals surface area contributed by atoms with Gasteiger partial charge in [-0.3, -0.25) is 14.4 Å². The summed E-state index contributed by atoms with van der Waals surface area (Å²) in [4.78, 5) is 38.1. The van der Waals surface area contributed by atoms with Crippen molar-refractivity contribution in [2.45, 2.75) is 290 Å². The average Bonchev–Trinajstić information content (AvgIpc) is 3.38. The second-order valence-electron chi connectivity index (χ2n) is 19.9. The van der Waals surface area contributed by atoms with Gasteiger partial charge in [-0.25, -0.2) is 0 Å². The van der Waals surface area contributed by atoms with Gasteiger partial charge in [0.1, 0.15) is 13.2 Å². The van der Waals surface area contributed by atoms with Gasteiger partial charge < -0.3 is 14.2 Å². The molecule has 0 aromatic rings. The summed E-state index contributed by atoms with van der Waals surface area (Å²) in [5.74, 6) is -0.891. The molecule has 72 heavy (non-hydrogen) atoms. The molecule has 1 unspecified atom stereocenters. The van der Waals surface area contributed by atoms with Crippen LogP contribution in [0, 0.1) is 0 Å². The van der Waals surface area contributed by atoms with Crippen LogP contribution in [-0.4, -0.2) is 37.2 Å². The summed E-state index contributed by atoms with van der Waals surface area (Å²) in [5, 5.41) is 0. The predicted octanol–water partition coefficient (Wildman–Crippen LogP) is 20.5. The van der Waals surface area contributed by atoms with E-state index in [1.54, 1.807) is 0 Å². The van der Waals surface area contributed by atoms with Gasteiger partial charge in [-0.1, -0.05) is 266 Å². The SMILES string of the molecule is CC/C=C\C/C=C\C/C=C\C/C=C\C/C=C\C/C=C\C/C=C\CCCCCCCCCCCC(=O)OCC(COC(=O)CCCCCCC/C=C\CCCC)OC(=O)CCCCCCCCCCCCCC. The monoisotopic (exact) mass is 1000 g/mol. The Hall–Kier alpha value is -3.67. The summed E-state index contributed by atoms with van der Waals surface area (Å²) < 4.78 is 16.8. The van der Waals surface area contributed by atoms with Crippen molar-refractivity contribution in [2.75, 3.05) is 13.2 Å². The maximum atomic E-state index is 12.8. The zero-order valence-electron chi connectivity index (χ0n) is 47.2. The van der Waals surface area contributed by atoms with E-state index in [0.717, 1.165) is 116 Å². The van der Waals surface area contributed by atoms with Crippen molar-refractivity contribution in [1.82, 2.24) is 0 Å². The van der Waals surface area contributed by atoms with Crippen LogP contribution in [0.1, 0.15) is 284 Å². The van der Waals surface area contributed by atoms with E-state index in [-0.39, 0.29) is 31.1 Å². The fourth-order valence-corrected chi connectivity index (χ4v) is 8.29. The van der Waals surface area contributed by atoms with E-state index in [0.29, 0.717) is 19.3 Å². The molecule has 0 bridgehead atoms. The molecule has 0 aliphatic heterocycles. The molecule has 0 heterocycles. The number of rotatable bonds is 54. The Morgan fingerprint density at radius 2 is 0.556 bits per heavy atom. The topological polar surface area (TPSA) is 78.9 Å². The summed E-state index contributed by atoms with van der Waals surface area (Å²) in [6.07, 6.45) is 79.8. The molecule has 0 amide bonds. The van der Waals surface area contributed by atoms with Crippen molar-refractivity contribution in [1.29, 1.82) is 0 Å². The maximum Gasteiger partial charge on any atom is 0.306 e. The fourth-order valence-electron chi connectivity index (χ4n) is 8.29. The number of allylic oxidation sites excluding steroid dienone is 16. The van der Waals surface area contributed by atoms with E-state index in [2.05, 4.69) is 118 Å². The van der Waals surface area contributed by atoms with E-state index in [1.807, 2.05) is 0 Å². The van der Waals surface area contributed by atoms with Crippen LogP contribution in [-0.2, 0) is 28.6 Å². The third kappa shape index (κ3) is 57.2. The lowest BCUT2D eigenvalue weighted by Gasteiger charge is -2.18. The normalized spacial score (nSPS) is 12.8. The van der Waals surface area contributed by atoms with E-state index < -0.39 is 6.10 Å². The summed E-state index contributed by atoms with van der Waals surface area (Å²) in [5.41, 5.74) is 0. The maximum absolute atomic E-state index is 12.8. The van der Waals surface area contributed by atoms with Gasteiger partial charge in [0.2, 0.25) is 0 Å². The largest absolute Gasteiger partial charge is 0.462 e. The first-order valence-corrected chi connectivity index (χ1v) is 30.2. The Balaban J connectivity index is 4.19. The number of hydrogen-bond acceptors (Lipinski definition) is 6. The molecule has 0 N–H and O–H groups in total. The molecule has 6 nitrogen and oxygen atoms in total. The summed E-state index contributed by atoms with van der Waals surface area (Å²) >= 11 is 0. The summed E-state index contributed by atoms with van der Waals surface area (Å²) in [6.45, 7) is 6.48. The number of carbonyl (C=O) groups is 3.